The fourth-order valence-corrected chi connectivity index (χ4v) is 1.77. The number of nitrogens with zero attached hydrogens (tertiary/aromatic N) is 3. The summed E-state index contributed by atoms with van der Waals surface area (Å²) in [6.45, 7) is 5.57. The maximum atomic E-state index is 12.9. The number of hydrogen-bond donors (Lipinski definition) is 4. The molecule has 0 spiro atoms. The minimum absolute atomic E-state index is 0.0709. The van der Waals surface area contributed by atoms with Crippen LogP contribution in [0.1, 0.15) is 31.1 Å². The van der Waals surface area contributed by atoms with Gasteiger partial charge in [-0.05, 0) is 45.0 Å². The molecular weight excluding hydrogens is 345 g/mol. The fourth-order valence-electron chi connectivity index (χ4n) is 1.77. The van der Waals surface area contributed by atoms with E-state index in [1.807, 2.05) is 20.8 Å². The van der Waals surface area contributed by atoms with Crippen LogP contribution in [0.25, 0.3) is 0 Å². The highest BCUT2D eigenvalue weighted by Crippen LogP contribution is 2.28. The van der Waals surface area contributed by atoms with Crippen molar-refractivity contribution in [2.75, 3.05) is 10.9 Å². The Kier molecular flexibility index (Phi) is 5.62. The first kappa shape index (κ1) is 19.0. The predicted molar refractivity (Wildman–Crippen MR) is 92.7 cm³/mol. The molecule has 0 unspecified atom stereocenters. The number of amides is 1. The lowest BCUT2D eigenvalue weighted by molar-refractivity contribution is -0.383. The molecule has 10 nitrogen and oxygen atoms in total. The van der Waals surface area contributed by atoms with Crippen LogP contribution in [0.3, 0.4) is 0 Å². The summed E-state index contributed by atoms with van der Waals surface area (Å²) in [6.07, 6.45) is 1.10. The van der Waals surface area contributed by atoms with Crippen molar-refractivity contribution in [2.24, 2.45) is 0 Å². The normalized spacial score (nSPS) is 10.9. The van der Waals surface area contributed by atoms with Crippen molar-refractivity contribution in [3.8, 4) is 0 Å². The zero-order valence-corrected chi connectivity index (χ0v) is 14.3. The number of nitro groups is 1. The molecule has 138 valence electrons. The van der Waals surface area contributed by atoms with Crippen LogP contribution in [0, 0.1) is 15.9 Å². The van der Waals surface area contributed by atoms with E-state index in [2.05, 4.69) is 31.7 Å². The number of halogens is 1. The summed E-state index contributed by atoms with van der Waals surface area (Å²) >= 11 is 0. The molecule has 2 rings (SSSR count). The largest absolute Gasteiger partial charge is 0.356 e. The quantitative estimate of drug-likeness (QED) is 0.452. The first-order chi connectivity index (χ1) is 12.2. The minimum Gasteiger partial charge on any atom is -0.299 e. The summed E-state index contributed by atoms with van der Waals surface area (Å²) in [7, 11) is 0. The second-order valence-electron chi connectivity index (χ2n) is 6.26. The molecule has 1 aromatic carbocycles. The lowest BCUT2D eigenvalue weighted by Gasteiger charge is -2.21. The van der Waals surface area contributed by atoms with Gasteiger partial charge in [-0.15, -0.1) is 0 Å². The molecule has 26 heavy (non-hydrogen) atoms. The topological polar surface area (TPSA) is 134 Å². The van der Waals surface area contributed by atoms with E-state index in [0.29, 0.717) is 0 Å². The van der Waals surface area contributed by atoms with Gasteiger partial charge in [0.15, 0.2) is 0 Å². The van der Waals surface area contributed by atoms with Gasteiger partial charge in [0.2, 0.25) is 11.6 Å². The highest BCUT2D eigenvalue weighted by Gasteiger charge is 2.24. The maximum absolute atomic E-state index is 12.9. The first-order valence-electron chi connectivity index (χ1n) is 7.52. The maximum Gasteiger partial charge on any atom is 0.356 e. The average Bonchev–Trinajstić information content (AvgIpc) is 2.57. The third kappa shape index (κ3) is 5.08. The van der Waals surface area contributed by atoms with Gasteiger partial charge in [0.1, 0.15) is 12.1 Å². The van der Waals surface area contributed by atoms with Crippen LogP contribution in [0.2, 0.25) is 0 Å². The number of hydrazine groups is 2. The second kappa shape index (κ2) is 7.70. The molecule has 0 aliphatic rings. The number of hydrogen-bond acceptors (Lipinski definition) is 8. The summed E-state index contributed by atoms with van der Waals surface area (Å²) in [5, 5.41) is 11.4. The van der Waals surface area contributed by atoms with E-state index in [0.717, 1.165) is 18.5 Å². The molecule has 11 heteroatoms. The van der Waals surface area contributed by atoms with Crippen LogP contribution >= 0.6 is 0 Å². The molecule has 4 N–H and O–H groups in total. The van der Waals surface area contributed by atoms with E-state index < -0.39 is 22.3 Å². The van der Waals surface area contributed by atoms with Gasteiger partial charge >= 0.3 is 5.69 Å². The smallest absolute Gasteiger partial charge is 0.299 e. The zero-order chi connectivity index (χ0) is 19.3. The predicted octanol–water partition coefficient (Wildman–Crippen LogP) is 2.00. The molecule has 0 bridgehead atoms. The molecule has 1 aromatic heterocycles. The number of carbonyl (C=O) groups excluding carboxylic acids is 1. The SMILES string of the molecule is CC(C)(C)NNc1ncnc(NNC(=O)c2ccc(F)cc2)c1[N+](=O)[O-]. The van der Waals surface area contributed by atoms with Gasteiger partial charge in [-0.2, -0.15) is 0 Å². The van der Waals surface area contributed by atoms with Crippen LogP contribution in [-0.2, 0) is 0 Å². The Balaban J connectivity index is 2.16. The number of rotatable bonds is 6. The van der Waals surface area contributed by atoms with Crippen molar-refractivity contribution in [3.63, 3.8) is 0 Å². The van der Waals surface area contributed by atoms with Crippen LogP contribution in [0.5, 0.6) is 0 Å². The van der Waals surface area contributed by atoms with Gasteiger partial charge in [0.25, 0.3) is 5.91 Å². The molecule has 1 heterocycles. The molecule has 0 atom stereocenters. The fraction of sp³-hybridized carbons (Fsp3) is 0.267. The Morgan fingerprint density at radius 2 is 1.69 bits per heavy atom. The lowest BCUT2D eigenvalue weighted by Crippen LogP contribution is -2.40. The van der Waals surface area contributed by atoms with Gasteiger partial charge in [-0.25, -0.2) is 19.8 Å². The standard InChI is InChI=1S/C15H18FN7O3/c1-15(2,3)22-20-13-11(23(25)26)12(17-8-18-13)19-21-14(24)9-4-6-10(16)7-5-9/h4-8,22H,1-3H3,(H,21,24)(H2,17,18,19,20). The second-order valence-corrected chi connectivity index (χ2v) is 6.26. The summed E-state index contributed by atoms with van der Waals surface area (Å²) in [5.74, 6) is -1.37. The van der Waals surface area contributed by atoms with Crippen molar-refractivity contribution in [1.29, 1.82) is 0 Å². The van der Waals surface area contributed by atoms with Crippen LogP contribution in [-0.4, -0.2) is 26.3 Å². The summed E-state index contributed by atoms with van der Waals surface area (Å²) < 4.78 is 12.9. The Bertz CT molecular complexity index is 806. The van der Waals surface area contributed by atoms with Crippen molar-refractivity contribution in [2.45, 2.75) is 26.3 Å². The van der Waals surface area contributed by atoms with E-state index in [4.69, 9.17) is 0 Å². The van der Waals surface area contributed by atoms with Gasteiger partial charge in [-0.3, -0.25) is 31.2 Å². The third-order valence-electron chi connectivity index (χ3n) is 2.96. The van der Waals surface area contributed by atoms with Crippen LogP contribution < -0.4 is 21.7 Å². The van der Waals surface area contributed by atoms with Gasteiger partial charge in [0, 0.05) is 11.1 Å². The summed E-state index contributed by atoms with van der Waals surface area (Å²) in [6, 6.07) is 4.81. The monoisotopic (exact) mass is 363 g/mol. The first-order valence-corrected chi connectivity index (χ1v) is 7.52. The van der Waals surface area contributed by atoms with Crippen LogP contribution in [0.15, 0.2) is 30.6 Å². The Morgan fingerprint density at radius 1 is 1.12 bits per heavy atom. The van der Waals surface area contributed by atoms with Gasteiger partial charge in [-0.1, -0.05) is 0 Å². The Morgan fingerprint density at radius 3 is 2.23 bits per heavy atom. The average molecular weight is 363 g/mol. The molecule has 0 fully saturated rings. The molecule has 0 saturated heterocycles. The van der Waals surface area contributed by atoms with Crippen molar-refractivity contribution < 1.29 is 14.1 Å². The summed E-state index contributed by atoms with van der Waals surface area (Å²) in [5.41, 5.74) is 9.53. The molecular formula is C15H18FN7O3. The highest BCUT2D eigenvalue weighted by molar-refractivity contribution is 5.95. The van der Waals surface area contributed by atoms with E-state index in [-0.39, 0.29) is 22.7 Å². The number of anilines is 2. The van der Waals surface area contributed by atoms with E-state index in [1.165, 1.54) is 12.1 Å². The molecule has 1 amide bonds. The minimum atomic E-state index is -0.681. The van der Waals surface area contributed by atoms with Crippen molar-refractivity contribution >= 4 is 23.2 Å². The van der Waals surface area contributed by atoms with E-state index >= 15 is 0 Å². The molecule has 0 aliphatic carbocycles. The number of nitrogens with one attached hydrogen (secondary N) is 4. The van der Waals surface area contributed by atoms with Crippen molar-refractivity contribution in [1.82, 2.24) is 20.8 Å². The number of aromatic nitrogens is 2. The van der Waals surface area contributed by atoms with Gasteiger partial charge < -0.3 is 0 Å². The Labute approximate surface area is 148 Å². The number of benzene rings is 1. The molecule has 0 aliphatic heterocycles. The lowest BCUT2D eigenvalue weighted by atomic mass is 10.1. The van der Waals surface area contributed by atoms with Gasteiger partial charge in [0.05, 0.1) is 4.92 Å². The third-order valence-corrected chi connectivity index (χ3v) is 2.96. The molecule has 2 aromatic rings. The highest BCUT2D eigenvalue weighted by atomic mass is 19.1. The molecule has 0 saturated carbocycles. The van der Waals surface area contributed by atoms with E-state index in [1.54, 1.807) is 0 Å². The van der Waals surface area contributed by atoms with E-state index in [9.17, 15) is 19.3 Å². The van der Waals surface area contributed by atoms with Crippen molar-refractivity contribution in [3.05, 3.63) is 52.1 Å². The zero-order valence-electron chi connectivity index (χ0n) is 14.3. The van der Waals surface area contributed by atoms with Crippen LogP contribution in [0.4, 0.5) is 21.7 Å². The summed E-state index contributed by atoms with van der Waals surface area (Å²) in [4.78, 5) is 30.3. The number of carbonyl (C=O) groups is 1. The molecule has 0 radical (unpaired) electrons. The Hall–Kier alpha value is -3.34.